The number of nitrogens with one attached hydrogen (secondary N) is 1. The quantitative estimate of drug-likeness (QED) is 0.813. The summed E-state index contributed by atoms with van der Waals surface area (Å²) in [6.07, 6.45) is -0.367. The molecule has 0 aromatic heterocycles. The van der Waals surface area contributed by atoms with Crippen molar-refractivity contribution in [1.82, 2.24) is 4.72 Å². The average molecular weight is 363 g/mol. The Morgan fingerprint density at radius 2 is 1.76 bits per heavy atom. The second kappa shape index (κ2) is 7.12. The Morgan fingerprint density at radius 1 is 1.08 bits per heavy atom. The van der Waals surface area contributed by atoms with Crippen molar-refractivity contribution in [2.45, 2.75) is 17.4 Å². The third-order valence-corrected chi connectivity index (χ3v) is 5.17. The van der Waals surface area contributed by atoms with E-state index >= 15 is 0 Å². The van der Waals surface area contributed by atoms with E-state index in [1.54, 1.807) is 30.3 Å². The molecule has 1 heterocycles. The summed E-state index contributed by atoms with van der Waals surface area (Å²) in [6.45, 7) is 0.752. The van der Waals surface area contributed by atoms with Crippen LogP contribution < -0.4 is 14.2 Å². The van der Waals surface area contributed by atoms with Crippen molar-refractivity contribution >= 4 is 16.0 Å². The van der Waals surface area contributed by atoms with Crippen LogP contribution in [0.2, 0.25) is 0 Å². The van der Waals surface area contributed by atoms with Crippen molar-refractivity contribution in [3.05, 3.63) is 54.1 Å². The van der Waals surface area contributed by atoms with Crippen LogP contribution in [-0.4, -0.2) is 32.7 Å². The van der Waals surface area contributed by atoms with Gasteiger partial charge >= 0.3 is 5.97 Å². The zero-order chi connectivity index (χ0) is 17.9. The molecular weight excluding hydrogens is 346 g/mol. The Balaban J connectivity index is 1.89. The minimum Gasteiger partial charge on any atom is -0.486 e. The van der Waals surface area contributed by atoms with Gasteiger partial charge in [0.05, 0.1) is 17.4 Å². The maximum Gasteiger partial charge on any atom is 0.305 e. The van der Waals surface area contributed by atoms with Gasteiger partial charge < -0.3 is 14.6 Å². The first-order valence-corrected chi connectivity index (χ1v) is 9.13. The van der Waals surface area contributed by atoms with Gasteiger partial charge in [0, 0.05) is 6.07 Å². The summed E-state index contributed by atoms with van der Waals surface area (Å²) < 4.78 is 38.6. The van der Waals surface area contributed by atoms with Crippen LogP contribution in [0.4, 0.5) is 0 Å². The van der Waals surface area contributed by atoms with Gasteiger partial charge in [-0.25, -0.2) is 13.1 Å². The number of fused-ring (bicyclic) bond motifs is 1. The van der Waals surface area contributed by atoms with Gasteiger partial charge in [-0.3, -0.25) is 4.79 Å². The van der Waals surface area contributed by atoms with Crippen LogP contribution in [0.3, 0.4) is 0 Å². The number of benzene rings is 2. The van der Waals surface area contributed by atoms with Crippen molar-refractivity contribution < 1.29 is 27.8 Å². The lowest BCUT2D eigenvalue weighted by Crippen LogP contribution is -2.30. The molecule has 0 unspecified atom stereocenters. The van der Waals surface area contributed by atoms with Gasteiger partial charge in [0.25, 0.3) is 0 Å². The van der Waals surface area contributed by atoms with Crippen molar-refractivity contribution in [3.8, 4) is 11.5 Å². The monoisotopic (exact) mass is 363 g/mol. The van der Waals surface area contributed by atoms with Gasteiger partial charge in [0.2, 0.25) is 10.0 Å². The summed E-state index contributed by atoms with van der Waals surface area (Å²) in [5.74, 6) is -0.266. The van der Waals surface area contributed by atoms with Crippen LogP contribution in [0.1, 0.15) is 18.0 Å². The first kappa shape index (κ1) is 17.2. The third-order valence-electron chi connectivity index (χ3n) is 3.70. The molecule has 0 saturated carbocycles. The number of ether oxygens (including phenoxy) is 2. The van der Waals surface area contributed by atoms with Crippen molar-refractivity contribution in [2.24, 2.45) is 0 Å². The molecular formula is C17H17NO6S. The van der Waals surface area contributed by atoms with Crippen LogP contribution in [0.25, 0.3) is 0 Å². The largest absolute Gasteiger partial charge is 0.486 e. The second-order valence-electron chi connectivity index (χ2n) is 5.49. The summed E-state index contributed by atoms with van der Waals surface area (Å²) in [4.78, 5) is 11.1. The van der Waals surface area contributed by atoms with Crippen LogP contribution >= 0.6 is 0 Å². The molecule has 2 aromatic carbocycles. The lowest BCUT2D eigenvalue weighted by Gasteiger charge is -2.20. The number of hydrogen-bond acceptors (Lipinski definition) is 5. The van der Waals surface area contributed by atoms with E-state index in [0.717, 1.165) is 0 Å². The van der Waals surface area contributed by atoms with Gasteiger partial charge in [-0.1, -0.05) is 30.3 Å². The highest BCUT2D eigenvalue weighted by molar-refractivity contribution is 7.89. The summed E-state index contributed by atoms with van der Waals surface area (Å²) in [6, 6.07) is 12.0. The molecule has 0 fully saturated rings. The Kier molecular flexibility index (Phi) is 4.91. The molecule has 8 heteroatoms. The van der Waals surface area contributed by atoms with E-state index in [1.807, 2.05) is 0 Å². The molecule has 0 radical (unpaired) electrons. The number of carbonyl (C=O) groups is 1. The highest BCUT2D eigenvalue weighted by Gasteiger charge is 2.25. The van der Waals surface area contributed by atoms with E-state index in [1.165, 1.54) is 18.2 Å². The molecule has 7 nitrogen and oxygen atoms in total. The van der Waals surface area contributed by atoms with Crippen molar-refractivity contribution in [2.75, 3.05) is 13.2 Å². The molecule has 0 bridgehead atoms. The van der Waals surface area contributed by atoms with E-state index in [-0.39, 0.29) is 11.3 Å². The van der Waals surface area contributed by atoms with Crippen LogP contribution in [0, 0.1) is 0 Å². The van der Waals surface area contributed by atoms with Gasteiger partial charge in [0.15, 0.2) is 11.5 Å². The van der Waals surface area contributed by atoms with E-state index in [4.69, 9.17) is 14.6 Å². The predicted octanol–water partition coefficient (Wildman–Crippen LogP) is 1.95. The smallest absolute Gasteiger partial charge is 0.305 e. The first-order chi connectivity index (χ1) is 12.0. The standard InChI is InChI=1S/C17H17NO6S/c19-17(20)11-14(12-4-2-1-3-5-12)18-25(21,22)13-6-7-15-16(10-13)24-9-8-23-15/h1-7,10,14,18H,8-9,11H2,(H,19,20)/t14-/m1/s1. The SMILES string of the molecule is O=C(O)C[C@@H](NS(=O)(=O)c1ccc2c(c1)OCCO2)c1ccccc1. The van der Waals surface area contributed by atoms with E-state index in [9.17, 15) is 13.2 Å². The number of rotatable bonds is 6. The highest BCUT2D eigenvalue weighted by atomic mass is 32.2. The summed E-state index contributed by atoms with van der Waals surface area (Å²) >= 11 is 0. The topological polar surface area (TPSA) is 102 Å². The Labute approximate surface area is 145 Å². The predicted molar refractivity (Wildman–Crippen MR) is 89.2 cm³/mol. The van der Waals surface area contributed by atoms with Crippen molar-refractivity contribution in [3.63, 3.8) is 0 Å². The Bertz CT molecular complexity index is 866. The minimum atomic E-state index is -3.94. The molecule has 0 aliphatic carbocycles. The normalized spacial score (nSPS) is 14.7. The van der Waals surface area contributed by atoms with Crippen LogP contribution in [0.5, 0.6) is 11.5 Å². The molecule has 25 heavy (non-hydrogen) atoms. The van der Waals surface area contributed by atoms with Crippen molar-refractivity contribution in [1.29, 1.82) is 0 Å². The van der Waals surface area contributed by atoms with E-state index in [0.29, 0.717) is 30.3 Å². The molecule has 132 valence electrons. The first-order valence-electron chi connectivity index (χ1n) is 7.64. The molecule has 3 rings (SSSR count). The maximum absolute atomic E-state index is 12.7. The third kappa shape index (κ3) is 4.09. The Hall–Kier alpha value is -2.58. The van der Waals surface area contributed by atoms with Crippen LogP contribution in [-0.2, 0) is 14.8 Å². The van der Waals surface area contributed by atoms with Gasteiger partial charge in [-0.15, -0.1) is 0 Å². The summed E-state index contributed by atoms with van der Waals surface area (Å²) in [7, 11) is -3.94. The minimum absolute atomic E-state index is 0.0110. The highest BCUT2D eigenvalue weighted by Crippen LogP contribution is 2.32. The number of sulfonamides is 1. The number of aliphatic carboxylic acids is 1. The molecule has 1 atom stereocenters. The number of carboxylic acid groups (broad SMARTS) is 1. The molecule has 0 spiro atoms. The lowest BCUT2D eigenvalue weighted by molar-refractivity contribution is -0.137. The molecule has 0 amide bonds. The second-order valence-corrected chi connectivity index (χ2v) is 7.20. The lowest BCUT2D eigenvalue weighted by atomic mass is 10.1. The molecule has 1 aliphatic rings. The maximum atomic E-state index is 12.7. The fraction of sp³-hybridized carbons (Fsp3) is 0.235. The average Bonchev–Trinajstić information content (AvgIpc) is 2.61. The zero-order valence-corrected chi connectivity index (χ0v) is 14.0. The van der Waals surface area contributed by atoms with E-state index in [2.05, 4.69) is 4.72 Å². The van der Waals surface area contributed by atoms with Gasteiger partial charge in [-0.05, 0) is 17.7 Å². The van der Waals surface area contributed by atoms with Gasteiger partial charge in [0.1, 0.15) is 13.2 Å². The molecule has 0 saturated heterocycles. The van der Waals surface area contributed by atoms with Crippen LogP contribution in [0.15, 0.2) is 53.4 Å². The zero-order valence-electron chi connectivity index (χ0n) is 13.2. The number of hydrogen-bond donors (Lipinski definition) is 2. The summed E-state index contributed by atoms with van der Waals surface area (Å²) in [5.41, 5.74) is 0.575. The van der Waals surface area contributed by atoms with Gasteiger partial charge in [-0.2, -0.15) is 0 Å². The molecule has 2 N–H and O–H groups in total. The fourth-order valence-corrected chi connectivity index (χ4v) is 3.77. The fourth-order valence-electron chi connectivity index (χ4n) is 2.53. The summed E-state index contributed by atoms with van der Waals surface area (Å²) in [5, 5.41) is 9.10. The Morgan fingerprint density at radius 3 is 2.44 bits per heavy atom. The van der Waals surface area contributed by atoms with E-state index < -0.39 is 22.0 Å². The number of carboxylic acids is 1. The molecule has 1 aliphatic heterocycles. The molecule has 2 aromatic rings.